The van der Waals surface area contributed by atoms with Crippen molar-refractivity contribution in [3.63, 3.8) is 0 Å². The first kappa shape index (κ1) is 13.1. The number of rotatable bonds is 3. The van der Waals surface area contributed by atoms with Gasteiger partial charge in [-0.2, -0.15) is 5.10 Å². The smallest absolute Gasteiger partial charge is 0.170 e. The summed E-state index contributed by atoms with van der Waals surface area (Å²) in [6.45, 7) is 1.81. The number of aromatic nitrogens is 3. The molecule has 0 aliphatic heterocycles. The van der Waals surface area contributed by atoms with Crippen LogP contribution in [0, 0.1) is 6.92 Å². The fourth-order valence-electron chi connectivity index (χ4n) is 1.67. The third-order valence-corrected chi connectivity index (χ3v) is 3.35. The molecule has 0 fully saturated rings. The molecule has 2 rings (SSSR count). The maximum Gasteiger partial charge on any atom is 0.170 e. The predicted octanol–water partition coefficient (Wildman–Crippen LogP) is 2.86. The van der Waals surface area contributed by atoms with Crippen LogP contribution in [0.1, 0.15) is 21.7 Å². The van der Waals surface area contributed by atoms with E-state index in [2.05, 4.69) is 10.1 Å². The van der Waals surface area contributed by atoms with Crippen molar-refractivity contribution >= 4 is 29.0 Å². The summed E-state index contributed by atoms with van der Waals surface area (Å²) in [5.74, 6) is -0.0657. The number of ketones is 1. The van der Waals surface area contributed by atoms with E-state index in [0.717, 1.165) is 5.69 Å². The Kier molecular flexibility index (Phi) is 3.68. The maximum absolute atomic E-state index is 12.1. The number of hydrogen-bond donors (Lipinski definition) is 0. The molecular formula is C12H11Cl2N3O. The average Bonchev–Trinajstić information content (AvgIpc) is 2.57. The monoisotopic (exact) mass is 283 g/mol. The molecule has 0 aliphatic rings. The second-order valence-electron chi connectivity index (χ2n) is 3.94. The lowest BCUT2D eigenvalue weighted by Crippen LogP contribution is -2.08. The number of aryl methyl sites for hydroxylation is 2. The summed E-state index contributed by atoms with van der Waals surface area (Å²) in [7, 11) is 1.77. The summed E-state index contributed by atoms with van der Waals surface area (Å²) in [5.41, 5.74) is 1.93. The highest BCUT2D eigenvalue weighted by atomic mass is 35.5. The molecule has 0 amide bonds. The van der Waals surface area contributed by atoms with Gasteiger partial charge in [0.1, 0.15) is 5.15 Å². The topological polar surface area (TPSA) is 47.8 Å². The Bertz CT molecular complexity index is 590. The summed E-state index contributed by atoms with van der Waals surface area (Å²) in [6.07, 6.45) is 1.65. The summed E-state index contributed by atoms with van der Waals surface area (Å²) in [6, 6.07) is 3.24. The van der Waals surface area contributed by atoms with Crippen LogP contribution in [0.4, 0.5) is 0 Å². The lowest BCUT2D eigenvalue weighted by Gasteiger charge is -2.02. The van der Waals surface area contributed by atoms with Crippen LogP contribution in [0.2, 0.25) is 10.2 Å². The van der Waals surface area contributed by atoms with Gasteiger partial charge in [0, 0.05) is 18.8 Å². The van der Waals surface area contributed by atoms with Crippen molar-refractivity contribution in [1.29, 1.82) is 0 Å². The summed E-state index contributed by atoms with van der Waals surface area (Å²) in [5, 5.41) is 5.06. The Hall–Kier alpha value is -1.39. The molecule has 0 aromatic carbocycles. The maximum atomic E-state index is 12.1. The molecule has 18 heavy (non-hydrogen) atoms. The van der Waals surface area contributed by atoms with Crippen LogP contribution in [0.5, 0.6) is 0 Å². The van der Waals surface area contributed by atoms with Gasteiger partial charge in [-0.25, -0.2) is 4.98 Å². The van der Waals surface area contributed by atoms with E-state index in [4.69, 9.17) is 23.2 Å². The molecule has 0 atom stereocenters. The van der Waals surface area contributed by atoms with E-state index in [1.54, 1.807) is 30.8 Å². The van der Waals surface area contributed by atoms with Gasteiger partial charge >= 0.3 is 0 Å². The van der Waals surface area contributed by atoms with Crippen LogP contribution in [0.3, 0.4) is 0 Å². The van der Waals surface area contributed by atoms with Gasteiger partial charge in [0.2, 0.25) is 0 Å². The lowest BCUT2D eigenvalue weighted by atomic mass is 10.1. The predicted molar refractivity (Wildman–Crippen MR) is 70.2 cm³/mol. The van der Waals surface area contributed by atoms with E-state index in [-0.39, 0.29) is 12.2 Å². The Balaban J connectivity index is 2.24. The fourth-order valence-corrected chi connectivity index (χ4v) is 2.01. The van der Waals surface area contributed by atoms with E-state index < -0.39 is 0 Å². The molecule has 0 aliphatic carbocycles. The zero-order chi connectivity index (χ0) is 13.3. The standard InChI is InChI=1S/C12H11Cl2N3O/c1-7-12(14)9(17(2)16-7)5-10(18)8-3-4-11(13)15-6-8/h3-4,6H,5H2,1-2H3. The first-order chi connectivity index (χ1) is 8.49. The van der Waals surface area contributed by atoms with Crippen LogP contribution < -0.4 is 0 Å². The zero-order valence-electron chi connectivity index (χ0n) is 9.94. The minimum Gasteiger partial charge on any atom is -0.294 e. The number of halogens is 2. The first-order valence-corrected chi connectivity index (χ1v) is 6.07. The van der Waals surface area contributed by atoms with Gasteiger partial charge < -0.3 is 0 Å². The minimum atomic E-state index is -0.0657. The van der Waals surface area contributed by atoms with Gasteiger partial charge in [-0.1, -0.05) is 23.2 Å². The van der Waals surface area contributed by atoms with Crippen LogP contribution in [0.25, 0.3) is 0 Å². The van der Waals surface area contributed by atoms with Crippen molar-refractivity contribution in [2.75, 3.05) is 0 Å². The molecule has 0 bridgehead atoms. The SMILES string of the molecule is Cc1nn(C)c(CC(=O)c2ccc(Cl)nc2)c1Cl. The van der Waals surface area contributed by atoms with E-state index >= 15 is 0 Å². The molecule has 2 aromatic heterocycles. The number of hydrogen-bond acceptors (Lipinski definition) is 3. The lowest BCUT2D eigenvalue weighted by molar-refractivity contribution is 0.0990. The molecule has 0 spiro atoms. The highest BCUT2D eigenvalue weighted by Crippen LogP contribution is 2.21. The van der Waals surface area contributed by atoms with Crippen molar-refractivity contribution in [1.82, 2.24) is 14.8 Å². The van der Waals surface area contributed by atoms with Crippen LogP contribution in [-0.4, -0.2) is 20.5 Å². The molecule has 4 nitrogen and oxygen atoms in total. The second kappa shape index (κ2) is 5.08. The molecule has 2 heterocycles. The molecule has 0 unspecified atom stereocenters. The van der Waals surface area contributed by atoms with Crippen molar-refractivity contribution < 1.29 is 4.79 Å². The molecule has 0 radical (unpaired) electrons. The average molecular weight is 284 g/mol. The Morgan fingerprint density at radius 2 is 2.11 bits per heavy atom. The van der Waals surface area contributed by atoms with Crippen molar-refractivity contribution in [2.45, 2.75) is 13.3 Å². The van der Waals surface area contributed by atoms with Crippen molar-refractivity contribution in [3.05, 3.63) is 45.5 Å². The third-order valence-electron chi connectivity index (χ3n) is 2.64. The molecule has 0 N–H and O–H groups in total. The minimum absolute atomic E-state index is 0.0657. The zero-order valence-corrected chi connectivity index (χ0v) is 11.5. The van der Waals surface area contributed by atoms with Crippen LogP contribution >= 0.6 is 23.2 Å². The van der Waals surface area contributed by atoms with Crippen molar-refractivity contribution in [2.24, 2.45) is 7.05 Å². The Morgan fingerprint density at radius 1 is 1.39 bits per heavy atom. The van der Waals surface area contributed by atoms with Crippen molar-refractivity contribution in [3.8, 4) is 0 Å². The van der Waals surface area contributed by atoms with Gasteiger partial charge in [0.15, 0.2) is 5.78 Å². The molecule has 6 heteroatoms. The molecule has 2 aromatic rings. The highest BCUT2D eigenvalue weighted by molar-refractivity contribution is 6.32. The van der Waals surface area contributed by atoms with Gasteiger partial charge in [-0.15, -0.1) is 0 Å². The van der Waals surface area contributed by atoms with Gasteiger partial charge in [0.05, 0.1) is 22.8 Å². The highest BCUT2D eigenvalue weighted by Gasteiger charge is 2.16. The Morgan fingerprint density at radius 3 is 2.61 bits per heavy atom. The van der Waals surface area contributed by atoms with Gasteiger partial charge in [-0.05, 0) is 19.1 Å². The normalized spacial score (nSPS) is 10.7. The number of nitrogens with zero attached hydrogens (tertiary/aromatic N) is 3. The number of carbonyl (C=O) groups is 1. The summed E-state index contributed by atoms with van der Waals surface area (Å²) in [4.78, 5) is 15.9. The second-order valence-corrected chi connectivity index (χ2v) is 4.70. The third kappa shape index (κ3) is 2.54. The van der Waals surface area contributed by atoms with Gasteiger partial charge in [0.25, 0.3) is 0 Å². The summed E-state index contributed by atoms with van der Waals surface area (Å²) < 4.78 is 1.62. The quantitative estimate of drug-likeness (QED) is 0.643. The first-order valence-electron chi connectivity index (χ1n) is 5.31. The van der Waals surface area contributed by atoms with E-state index in [1.165, 1.54) is 6.20 Å². The molecule has 0 saturated carbocycles. The van der Waals surface area contributed by atoms with Crippen LogP contribution in [0.15, 0.2) is 18.3 Å². The van der Waals surface area contributed by atoms with E-state index in [9.17, 15) is 4.79 Å². The summed E-state index contributed by atoms with van der Waals surface area (Å²) >= 11 is 11.8. The van der Waals surface area contributed by atoms with Gasteiger partial charge in [-0.3, -0.25) is 9.48 Å². The Labute approximate surface area is 115 Å². The number of carbonyl (C=O) groups excluding carboxylic acids is 1. The molecule has 0 saturated heterocycles. The number of Topliss-reactive ketones (excluding diaryl/α,β-unsaturated/α-hetero) is 1. The number of pyridine rings is 1. The fraction of sp³-hybridized carbons (Fsp3) is 0.250. The van der Waals surface area contributed by atoms with Crippen LogP contribution in [-0.2, 0) is 13.5 Å². The van der Waals surface area contributed by atoms with E-state index in [0.29, 0.717) is 21.4 Å². The molecule has 94 valence electrons. The van der Waals surface area contributed by atoms with E-state index in [1.807, 2.05) is 0 Å². The largest absolute Gasteiger partial charge is 0.294 e. The molecular weight excluding hydrogens is 273 g/mol.